The van der Waals surface area contributed by atoms with Crippen molar-refractivity contribution in [2.45, 2.75) is 6.92 Å². The van der Waals surface area contributed by atoms with E-state index in [0.717, 1.165) is 11.6 Å². The van der Waals surface area contributed by atoms with Gasteiger partial charge in [0.15, 0.2) is 0 Å². The molecule has 0 aliphatic carbocycles. The molecular weight excluding hydrogens is 382 g/mol. The minimum atomic E-state index is -0.825. The maximum absolute atomic E-state index is 12.9. The molecule has 8 heteroatoms. The Morgan fingerprint density at radius 3 is 2.14 bits per heavy atom. The third kappa shape index (κ3) is 8.70. The predicted molar refractivity (Wildman–Crippen MR) is 105 cm³/mol. The number of halogens is 2. The van der Waals surface area contributed by atoms with Crippen LogP contribution in [0, 0.1) is 12.7 Å². The van der Waals surface area contributed by atoms with E-state index in [9.17, 15) is 18.4 Å². The molecule has 0 aliphatic heterocycles. The lowest BCUT2D eigenvalue weighted by molar-refractivity contribution is -0.114. The third-order valence-corrected chi connectivity index (χ3v) is 3.47. The molecule has 6 nitrogen and oxygen atoms in total. The predicted octanol–water partition coefficient (Wildman–Crippen LogP) is 3.17. The average Bonchev–Trinajstić information content (AvgIpc) is 2.72. The zero-order valence-corrected chi connectivity index (χ0v) is 16.0. The number of carbonyl (C=O) groups is 2. The molecule has 0 spiro atoms. The number of hydrogen-bond acceptors (Lipinski definition) is 5. The van der Waals surface area contributed by atoms with Crippen molar-refractivity contribution >= 4 is 11.9 Å². The van der Waals surface area contributed by atoms with Gasteiger partial charge >= 0.3 is 5.97 Å². The summed E-state index contributed by atoms with van der Waals surface area (Å²) in [5, 5.41) is 0. The van der Waals surface area contributed by atoms with E-state index in [2.05, 4.69) is 4.74 Å². The number of aryl methyl sites for hydroxylation is 1. The minimum Gasteiger partial charge on any atom is -0.489 e. The Morgan fingerprint density at radius 1 is 1.07 bits per heavy atom. The molecule has 2 aromatic carbocycles. The Labute approximate surface area is 167 Å². The molecule has 0 unspecified atom stereocenters. The summed E-state index contributed by atoms with van der Waals surface area (Å²) in [5.41, 5.74) is 11.6. The quantitative estimate of drug-likeness (QED) is 0.437. The van der Waals surface area contributed by atoms with E-state index in [1.807, 2.05) is 19.1 Å². The lowest BCUT2D eigenvalue weighted by Gasteiger charge is -2.07. The molecule has 29 heavy (non-hydrogen) atoms. The van der Waals surface area contributed by atoms with E-state index in [1.54, 1.807) is 12.1 Å². The number of ether oxygens (including phenoxy) is 2. The second-order valence-corrected chi connectivity index (χ2v) is 5.69. The van der Waals surface area contributed by atoms with Crippen LogP contribution in [0.15, 0.2) is 72.2 Å². The van der Waals surface area contributed by atoms with Crippen LogP contribution >= 0.6 is 0 Å². The number of hydrogen-bond donors (Lipinski definition) is 2. The zero-order valence-electron chi connectivity index (χ0n) is 16.0. The lowest BCUT2D eigenvalue weighted by Crippen LogP contribution is -2.19. The summed E-state index contributed by atoms with van der Waals surface area (Å²) in [5.74, 6) is -1.99. The molecule has 0 atom stereocenters. The molecule has 0 aromatic heterocycles. The first-order valence-electron chi connectivity index (χ1n) is 8.38. The Bertz CT molecular complexity index is 877. The number of carbonyl (C=O) groups excluding carboxylic acids is 2. The van der Waals surface area contributed by atoms with Crippen molar-refractivity contribution in [3.8, 4) is 5.75 Å². The van der Waals surface area contributed by atoms with Gasteiger partial charge in [0.1, 0.15) is 24.0 Å². The number of primary amides is 1. The second kappa shape index (κ2) is 11.9. The van der Waals surface area contributed by atoms with Gasteiger partial charge in [-0.3, -0.25) is 4.79 Å². The zero-order chi connectivity index (χ0) is 21.8. The topological polar surface area (TPSA) is 105 Å². The molecule has 0 aliphatic rings. The first-order chi connectivity index (χ1) is 13.8. The Kier molecular flexibility index (Phi) is 9.60. The standard InChI is InChI=1S/C12H12F2N2O2.C9H10O2/c13-9-1-3-11(4-2-9)18-7-8(12(16)17)5-10(14)6-15;1-7-3-5-8(6-4-7)9(10)11-2/h1-6H,7,15H2,(H2,16,17);3-6H,1-2H3/b8-5+,10-6+;. The molecule has 4 N–H and O–H groups in total. The van der Waals surface area contributed by atoms with Crippen LogP contribution < -0.4 is 16.2 Å². The number of benzene rings is 2. The van der Waals surface area contributed by atoms with Crippen molar-refractivity contribution in [2.24, 2.45) is 11.5 Å². The van der Waals surface area contributed by atoms with E-state index in [1.165, 1.54) is 31.4 Å². The van der Waals surface area contributed by atoms with E-state index in [4.69, 9.17) is 16.2 Å². The van der Waals surface area contributed by atoms with Crippen LogP contribution in [0.3, 0.4) is 0 Å². The summed E-state index contributed by atoms with van der Waals surface area (Å²) in [7, 11) is 1.38. The van der Waals surface area contributed by atoms with Crippen LogP contribution in [0.1, 0.15) is 15.9 Å². The molecule has 1 amide bonds. The fraction of sp³-hybridized carbons (Fsp3) is 0.143. The van der Waals surface area contributed by atoms with Crippen LogP contribution in [0.4, 0.5) is 8.78 Å². The van der Waals surface area contributed by atoms with Crippen LogP contribution in [0.25, 0.3) is 0 Å². The molecule has 0 fully saturated rings. The van der Waals surface area contributed by atoms with E-state index in [0.29, 0.717) is 17.5 Å². The maximum atomic E-state index is 12.9. The van der Waals surface area contributed by atoms with Gasteiger partial charge < -0.3 is 20.9 Å². The molecule has 0 heterocycles. The highest BCUT2D eigenvalue weighted by Crippen LogP contribution is 2.13. The molecule has 0 saturated carbocycles. The van der Waals surface area contributed by atoms with Gasteiger partial charge in [-0.2, -0.15) is 0 Å². The van der Waals surface area contributed by atoms with Gasteiger partial charge in [0.05, 0.1) is 18.2 Å². The highest BCUT2D eigenvalue weighted by molar-refractivity contribution is 5.92. The molecule has 0 bridgehead atoms. The van der Waals surface area contributed by atoms with Crippen LogP contribution in [-0.4, -0.2) is 25.6 Å². The number of allylic oxidation sites excluding steroid dienone is 2. The smallest absolute Gasteiger partial charge is 0.337 e. The third-order valence-electron chi connectivity index (χ3n) is 3.47. The molecule has 0 saturated heterocycles. The second-order valence-electron chi connectivity index (χ2n) is 5.69. The number of methoxy groups -OCH3 is 1. The van der Waals surface area contributed by atoms with E-state index < -0.39 is 17.6 Å². The number of nitrogens with two attached hydrogens (primary N) is 2. The van der Waals surface area contributed by atoms with Gasteiger partial charge in [0.25, 0.3) is 0 Å². The number of amides is 1. The van der Waals surface area contributed by atoms with Gasteiger partial charge in [-0.05, 0) is 49.4 Å². The van der Waals surface area contributed by atoms with Gasteiger partial charge in [-0.15, -0.1) is 0 Å². The maximum Gasteiger partial charge on any atom is 0.337 e. The van der Waals surface area contributed by atoms with Gasteiger partial charge in [-0.25, -0.2) is 13.6 Å². The summed E-state index contributed by atoms with van der Waals surface area (Å²) in [6.07, 6.45) is 1.58. The fourth-order valence-corrected chi connectivity index (χ4v) is 1.90. The Hall–Kier alpha value is -3.68. The van der Waals surface area contributed by atoms with E-state index in [-0.39, 0.29) is 18.1 Å². The van der Waals surface area contributed by atoms with Gasteiger partial charge in [-0.1, -0.05) is 17.7 Å². The average molecular weight is 404 g/mol. The molecule has 2 aromatic rings. The molecule has 2 rings (SSSR count). The van der Waals surface area contributed by atoms with Crippen molar-refractivity contribution in [3.05, 3.63) is 89.2 Å². The van der Waals surface area contributed by atoms with Crippen molar-refractivity contribution in [2.75, 3.05) is 13.7 Å². The highest BCUT2D eigenvalue weighted by Gasteiger charge is 2.07. The SMILES string of the molecule is COC(=O)c1ccc(C)cc1.N/C=C(F)\C=C(/COc1ccc(F)cc1)C(N)=O. The first-order valence-corrected chi connectivity index (χ1v) is 8.38. The fourth-order valence-electron chi connectivity index (χ4n) is 1.90. The highest BCUT2D eigenvalue weighted by atomic mass is 19.1. The number of esters is 1. The lowest BCUT2D eigenvalue weighted by atomic mass is 10.2. The van der Waals surface area contributed by atoms with Crippen molar-refractivity contribution < 1.29 is 27.8 Å². The molecule has 0 radical (unpaired) electrons. The van der Waals surface area contributed by atoms with Gasteiger partial charge in [0.2, 0.25) is 5.91 Å². The number of rotatable bonds is 6. The minimum absolute atomic E-state index is 0.0847. The summed E-state index contributed by atoms with van der Waals surface area (Å²) in [6.45, 7) is 1.74. The Balaban J connectivity index is 0.000000326. The van der Waals surface area contributed by atoms with Crippen LogP contribution in [0.2, 0.25) is 0 Å². The summed E-state index contributed by atoms with van der Waals surface area (Å²) in [4.78, 5) is 21.9. The van der Waals surface area contributed by atoms with Crippen molar-refractivity contribution in [3.63, 3.8) is 0 Å². The monoisotopic (exact) mass is 404 g/mol. The molecule has 154 valence electrons. The van der Waals surface area contributed by atoms with Crippen molar-refractivity contribution in [1.82, 2.24) is 0 Å². The largest absolute Gasteiger partial charge is 0.489 e. The normalized spacial score (nSPS) is 11.2. The summed E-state index contributed by atoms with van der Waals surface area (Å²) in [6, 6.07) is 12.4. The summed E-state index contributed by atoms with van der Waals surface area (Å²) >= 11 is 0. The molecular formula is C21H22F2N2O4. The summed E-state index contributed by atoms with van der Waals surface area (Å²) < 4.78 is 35.2. The Morgan fingerprint density at radius 2 is 1.66 bits per heavy atom. The van der Waals surface area contributed by atoms with Gasteiger partial charge in [0, 0.05) is 6.20 Å². The van der Waals surface area contributed by atoms with Crippen LogP contribution in [-0.2, 0) is 9.53 Å². The van der Waals surface area contributed by atoms with Crippen LogP contribution in [0.5, 0.6) is 5.75 Å². The van der Waals surface area contributed by atoms with Crippen molar-refractivity contribution in [1.29, 1.82) is 0 Å². The van der Waals surface area contributed by atoms with E-state index >= 15 is 0 Å². The first kappa shape index (κ1) is 23.4.